The lowest BCUT2D eigenvalue weighted by atomic mass is 10.4. The second kappa shape index (κ2) is 10.8. The number of hydrogen-bond donors (Lipinski definition) is 1. The van der Waals surface area contributed by atoms with Crippen molar-refractivity contribution < 1.29 is 32.5 Å². The summed E-state index contributed by atoms with van der Waals surface area (Å²) in [5.74, 6) is 0. The van der Waals surface area contributed by atoms with Crippen LogP contribution in [0.5, 0.6) is 0 Å². The Labute approximate surface area is 133 Å². The molecule has 130 valence electrons. The van der Waals surface area contributed by atoms with Gasteiger partial charge in [-0.2, -0.15) is 0 Å². The zero-order valence-corrected chi connectivity index (χ0v) is 15.0. The Kier molecular flexibility index (Phi) is 10.4. The molecule has 0 aliphatic rings. The van der Waals surface area contributed by atoms with E-state index in [1.54, 1.807) is 19.1 Å². The standard InChI is InChI=1S/C14H28NO6P/c1-6-9-18-12-14(19-10-7-2)13-21-22(16,17)20-11-8-15(3,4)5/h6-7,9-10,14H,8,11-13H2,1-5H3/p+1/b9-6-,10-7-. The van der Waals surface area contributed by atoms with Crippen molar-refractivity contribution in [2.45, 2.75) is 20.0 Å². The quantitative estimate of drug-likeness (QED) is 0.334. The molecular weight excluding hydrogens is 309 g/mol. The largest absolute Gasteiger partial charge is 0.498 e. The molecule has 0 saturated carbocycles. The average Bonchev–Trinajstić information content (AvgIpc) is 2.39. The minimum atomic E-state index is -4.09. The summed E-state index contributed by atoms with van der Waals surface area (Å²) in [6, 6.07) is 0. The van der Waals surface area contributed by atoms with Crippen LogP contribution in [0, 0.1) is 0 Å². The minimum absolute atomic E-state index is 0.111. The summed E-state index contributed by atoms with van der Waals surface area (Å²) in [4.78, 5) is 9.63. The van der Waals surface area contributed by atoms with Crippen molar-refractivity contribution in [2.24, 2.45) is 0 Å². The molecule has 7 nitrogen and oxygen atoms in total. The molecule has 0 aromatic rings. The van der Waals surface area contributed by atoms with Crippen LogP contribution in [0.15, 0.2) is 24.7 Å². The van der Waals surface area contributed by atoms with Gasteiger partial charge in [-0.15, -0.1) is 0 Å². The number of nitrogens with zero attached hydrogens (tertiary/aromatic N) is 1. The summed E-state index contributed by atoms with van der Waals surface area (Å²) < 4.78 is 32.8. The molecule has 0 spiro atoms. The van der Waals surface area contributed by atoms with Crippen LogP contribution in [-0.4, -0.2) is 63.0 Å². The van der Waals surface area contributed by atoms with Gasteiger partial charge in [-0.3, -0.25) is 9.05 Å². The number of quaternary nitrogens is 1. The number of likely N-dealkylation sites (N-methyl/N-ethyl adjacent to an activating group) is 1. The van der Waals surface area contributed by atoms with Gasteiger partial charge in [0.2, 0.25) is 0 Å². The third-order valence-electron chi connectivity index (χ3n) is 2.36. The molecule has 8 heteroatoms. The Bertz CT molecular complexity index is 391. The Morgan fingerprint density at radius 2 is 1.73 bits per heavy atom. The summed E-state index contributed by atoms with van der Waals surface area (Å²) >= 11 is 0. The molecular formula is C14H29NO6P+. The maximum Gasteiger partial charge on any atom is 0.472 e. The molecule has 0 radical (unpaired) electrons. The minimum Gasteiger partial charge on any atom is -0.498 e. The van der Waals surface area contributed by atoms with Crippen LogP contribution in [0.3, 0.4) is 0 Å². The van der Waals surface area contributed by atoms with Crippen LogP contribution in [0.2, 0.25) is 0 Å². The van der Waals surface area contributed by atoms with Gasteiger partial charge in [-0.25, -0.2) is 4.57 Å². The van der Waals surface area contributed by atoms with Crippen molar-refractivity contribution in [3.63, 3.8) is 0 Å². The fourth-order valence-corrected chi connectivity index (χ4v) is 1.96. The summed E-state index contributed by atoms with van der Waals surface area (Å²) in [5, 5.41) is 0. The van der Waals surface area contributed by atoms with Crippen molar-refractivity contribution in [2.75, 3.05) is 47.5 Å². The van der Waals surface area contributed by atoms with E-state index in [1.165, 1.54) is 12.5 Å². The van der Waals surface area contributed by atoms with E-state index >= 15 is 0 Å². The summed E-state index contributed by atoms with van der Waals surface area (Å²) in [5.41, 5.74) is 0. The molecule has 0 bridgehead atoms. The first-order valence-electron chi connectivity index (χ1n) is 7.12. The zero-order valence-electron chi connectivity index (χ0n) is 14.1. The highest BCUT2D eigenvalue weighted by atomic mass is 31.2. The molecule has 2 unspecified atom stereocenters. The van der Waals surface area contributed by atoms with E-state index in [-0.39, 0.29) is 19.8 Å². The molecule has 1 N–H and O–H groups in total. The highest BCUT2D eigenvalue weighted by Crippen LogP contribution is 2.43. The van der Waals surface area contributed by atoms with Crippen LogP contribution in [-0.2, 0) is 23.1 Å². The number of rotatable bonds is 12. The second-order valence-corrected chi connectivity index (χ2v) is 7.10. The summed E-state index contributed by atoms with van der Waals surface area (Å²) in [7, 11) is 1.80. The van der Waals surface area contributed by atoms with Gasteiger partial charge in [0, 0.05) is 0 Å². The number of allylic oxidation sites excluding steroid dienone is 2. The Balaban J connectivity index is 4.26. The van der Waals surface area contributed by atoms with Gasteiger partial charge in [0.05, 0.1) is 40.3 Å². The van der Waals surface area contributed by atoms with Crippen LogP contribution < -0.4 is 0 Å². The Morgan fingerprint density at radius 1 is 1.09 bits per heavy atom. The van der Waals surface area contributed by atoms with Crippen molar-refractivity contribution in [3.05, 3.63) is 24.7 Å². The van der Waals surface area contributed by atoms with Crippen molar-refractivity contribution in [3.8, 4) is 0 Å². The van der Waals surface area contributed by atoms with Crippen molar-refractivity contribution in [1.82, 2.24) is 0 Å². The summed E-state index contributed by atoms with van der Waals surface area (Å²) in [6.07, 6.45) is 5.93. The first kappa shape index (κ1) is 21.1. The topological polar surface area (TPSA) is 74.2 Å². The molecule has 0 fully saturated rings. The van der Waals surface area contributed by atoms with E-state index in [2.05, 4.69) is 0 Å². The molecule has 0 aromatic carbocycles. The van der Waals surface area contributed by atoms with E-state index < -0.39 is 13.9 Å². The highest BCUT2D eigenvalue weighted by Gasteiger charge is 2.25. The second-order valence-electron chi connectivity index (χ2n) is 5.64. The number of phosphoric acid groups is 1. The van der Waals surface area contributed by atoms with Crippen LogP contribution in [0.1, 0.15) is 13.8 Å². The van der Waals surface area contributed by atoms with Crippen LogP contribution >= 0.6 is 7.82 Å². The normalized spacial score (nSPS) is 16.8. The van der Waals surface area contributed by atoms with E-state index in [0.717, 1.165) is 0 Å². The van der Waals surface area contributed by atoms with Crippen LogP contribution in [0.25, 0.3) is 0 Å². The molecule has 0 saturated heterocycles. The van der Waals surface area contributed by atoms with Crippen molar-refractivity contribution in [1.29, 1.82) is 0 Å². The fourth-order valence-electron chi connectivity index (χ4n) is 1.22. The first-order chi connectivity index (χ1) is 10.2. The van der Waals surface area contributed by atoms with Gasteiger partial charge in [0.15, 0.2) is 6.10 Å². The predicted octanol–water partition coefficient (Wildman–Crippen LogP) is 2.30. The fraction of sp³-hybridized carbons (Fsp3) is 0.714. The van der Waals surface area contributed by atoms with E-state index in [0.29, 0.717) is 11.0 Å². The monoisotopic (exact) mass is 338 g/mol. The first-order valence-corrected chi connectivity index (χ1v) is 8.61. The van der Waals surface area contributed by atoms with Gasteiger partial charge in [0.1, 0.15) is 19.8 Å². The van der Waals surface area contributed by atoms with Crippen LogP contribution in [0.4, 0.5) is 0 Å². The number of ether oxygens (including phenoxy) is 2. The Morgan fingerprint density at radius 3 is 2.27 bits per heavy atom. The predicted molar refractivity (Wildman–Crippen MR) is 85.1 cm³/mol. The Hall–Kier alpha value is -0.850. The lowest BCUT2D eigenvalue weighted by Gasteiger charge is -2.24. The molecule has 0 aliphatic carbocycles. The molecule has 22 heavy (non-hydrogen) atoms. The number of hydrogen-bond acceptors (Lipinski definition) is 5. The highest BCUT2D eigenvalue weighted by molar-refractivity contribution is 7.47. The van der Waals surface area contributed by atoms with Gasteiger partial charge in [-0.05, 0) is 13.8 Å². The average molecular weight is 338 g/mol. The van der Waals surface area contributed by atoms with Crippen molar-refractivity contribution >= 4 is 7.82 Å². The van der Waals surface area contributed by atoms with E-state index in [1.807, 2.05) is 28.1 Å². The van der Waals surface area contributed by atoms with E-state index in [4.69, 9.17) is 18.5 Å². The molecule has 2 atom stereocenters. The lowest BCUT2D eigenvalue weighted by Crippen LogP contribution is -2.37. The van der Waals surface area contributed by atoms with Gasteiger partial charge >= 0.3 is 7.82 Å². The smallest absolute Gasteiger partial charge is 0.472 e. The van der Waals surface area contributed by atoms with Gasteiger partial charge < -0.3 is 18.9 Å². The maximum absolute atomic E-state index is 11.8. The summed E-state index contributed by atoms with van der Waals surface area (Å²) in [6.45, 7) is 4.44. The SMILES string of the molecule is C/C=C\OCC(COP(=O)(O)OCC[N+](C)(C)C)O/C=C\C. The third kappa shape index (κ3) is 12.9. The van der Waals surface area contributed by atoms with Gasteiger partial charge in [0.25, 0.3) is 0 Å². The third-order valence-corrected chi connectivity index (χ3v) is 3.35. The van der Waals surface area contributed by atoms with Gasteiger partial charge in [-0.1, -0.05) is 12.2 Å². The number of phosphoric ester groups is 1. The molecule has 0 amide bonds. The lowest BCUT2D eigenvalue weighted by molar-refractivity contribution is -0.870. The zero-order chi connectivity index (χ0) is 17.1. The molecule has 0 heterocycles. The molecule has 0 aliphatic heterocycles. The molecule has 0 rings (SSSR count). The van der Waals surface area contributed by atoms with E-state index in [9.17, 15) is 9.46 Å². The molecule has 0 aromatic heterocycles. The maximum atomic E-state index is 11.8.